The van der Waals surface area contributed by atoms with E-state index in [1.54, 1.807) is 5.57 Å². The molecule has 59 heavy (non-hydrogen) atoms. The number of aliphatic imine (C=N–C) groups is 2. The largest absolute Gasteiger partial charge is 0.232 e. The predicted octanol–water partition coefficient (Wildman–Crippen LogP) is 15.2. The van der Waals surface area contributed by atoms with Crippen LogP contribution in [0, 0.1) is 0 Å². The first-order valence-electron chi connectivity index (χ1n) is 21.4. The first kappa shape index (κ1) is 36.0. The van der Waals surface area contributed by atoms with Crippen molar-refractivity contribution in [2.75, 3.05) is 0 Å². The minimum atomic E-state index is -0.320. The van der Waals surface area contributed by atoms with Gasteiger partial charge in [-0.15, -0.1) is 11.3 Å². The van der Waals surface area contributed by atoms with Crippen LogP contribution < -0.4 is 0 Å². The molecule has 286 valence electrons. The van der Waals surface area contributed by atoms with E-state index in [1.807, 2.05) is 11.3 Å². The van der Waals surface area contributed by atoms with Crippen LogP contribution in [0.15, 0.2) is 191 Å². The Morgan fingerprint density at radius 2 is 1.31 bits per heavy atom. The number of nitrogens with zero attached hydrogens (tertiary/aromatic N) is 2. The Bertz CT molecular complexity index is 2990. The standard InChI is InChI=1S/C56H46N2S/c1-37-30-33-51(38-18-6-2-7-19-38)57-55(58-54(37)39-20-8-3-9-21-39)48-35-47-43-26-14-16-28-49(43)56(41-22-10-4-11-23-41,42-24-12-5-13-25-42)50(47)36-46(48)40-31-32-45-44-27-15-17-29-52(44)59-53(45)34-40/h2-4,6-10,14-22,24,26-29,31-32,34-36H,5,11-13,23,25,30,33H2,1H3/b54-37-,57-51?,58-55?. The Kier molecular flexibility index (Phi) is 9.08. The highest BCUT2D eigenvalue weighted by Gasteiger charge is 2.49. The maximum Gasteiger partial charge on any atom is 0.160 e. The second kappa shape index (κ2) is 14.9. The van der Waals surface area contributed by atoms with Crippen molar-refractivity contribution < 1.29 is 0 Å². The van der Waals surface area contributed by atoms with Gasteiger partial charge >= 0.3 is 0 Å². The van der Waals surface area contributed by atoms with Crippen LogP contribution >= 0.6 is 11.3 Å². The zero-order chi connectivity index (χ0) is 39.3. The fourth-order valence-corrected chi connectivity index (χ4v) is 11.5. The average molecular weight is 779 g/mol. The summed E-state index contributed by atoms with van der Waals surface area (Å²) in [5, 5.41) is 2.63. The first-order chi connectivity index (χ1) is 29.2. The second-order valence-electron chi connectivity index (χ2n) is 16.5. The van der Waals surface area contributed by atoms with E-state index >= 15 is 0 Å². The summed E-state index contributed by atoms with van der Waals surface area (Å²) in [6.07, 6.45) is 18.2. The molecule has 1 aromatic heterocycles. The molecule has 3 heteroatoms. The second-order valence-corrected chi connectivity index (χ2v) is 17.6. The third kappa shape index (κ3) is 6.05. The minimum absolute atomic E-state index is 0.320. The van der Waals surface area contributed by atoms with Crippen LogP contribution in [0.25, 0.3) is 48.1 Å². The molecule has 0 N–H and O–H groups in total. The molecule has 7 aromatic rings. The summed E-state index contributed by atoms with van der Waals surface area (Å²) < 4.78 is 2.62. The average Bonchev–Trinajstić information content (AvgIpc) is 3.82. The van der Waals surface area contributed by atoms with Gasteiger partial charge in [0.05, 0.1) is 16.8 Å². The summed E-state index contributed by atoms with van der Waals surface area (Å²) in [7, 11) is 0. The number of allylic oxidation sites excluding steroid dienone is 7. The molecular formula is C56H46N2S. The maximum absolute atomic E-state index is 5.69. The molecule has 0 fully saturated rings. The lowest BCUT2D eigenvalue weighted by Gasteiger charge is -2.40. The van der Waals surface area contributed by atoms with Gasteiger partial charge in [-0.05, 0) is 127 Å². The van der Waals surface area contributed by atoms with E-state index < -0.39 is 0 Å². The van der Waals surface area contributed by atoms with E-state index in [4.69, 9.17) is 9.98 Å². The Morgan fingerprint density at radius 3 is 2.12 bits per heavy atom. The van der Waals surface area contributed by atoms with Crippen molar-refractivity contribution in [1.82, 2.24) is 0 Å². The van der Waals surface area contributed by atoms with Crippen LogP contribution in [0.5, 0.6) is 0 Å². The van der Waals surface area contributed by atoms with Crippen molar-refractivity contribution in [3.8, 4) is 22.3 Å². The van der Waals surface area contributed by atoms with Crippen LogP contribution in [0.2, 0.25) is 0 Å². The third-order valence-corrected chi connectivity index (χ3v) is 14.3. The highest BCUT2D eigenvalue weighted by Crippen LogP contribution is 2.60. The summed E-state index contributed by atoms with van der Waals surface area (Å²) in [5.41, 5.74) is 17.3. The summed E-state index contributed by atoms with van der Waals surface area (Å²) in [6, 6.07) is 51.7. The summed E-state index contributed by atoms with van der Waals surface area (Å²) in [6.45, 7) is 2.26. The summed E-state index contributed by atoms with van der Waals surface area (Å²) in [5.74, 6) is 0.766. The molecule has 0 radical (unpaired) electrons. The van der Waals surface area contributed by atoms with Gasteiger partial charge in [0, 0.05) is 31.3 Å². The van der Waals surface area contributed by atoms with E-state index in [0.29, 0.717) is 0 Å². The van der Waals surface area contributed by atoms with Gasteiger partial charge in [0.2, 0.25) is 0 Å². The van der Waals surface area contributed by atoms with E-state index in [9.17, 15) is 0 Å². The Morgan fingerprint density at radius 1 is 0.525 bits per heavy atom. The highest BCUT2D eigenvalue weighted by molar-refractivity contribution is 7.25. The molecule has 2 nitrogen and oxygen atoms in total. The summed E-state index contributed by atoms with van der Waals surface area (Å²) in [4.78, 5) is 11.4. The number of rotatable bonds is 6. The van der Waals surface area contributed by atoms with Crippen molar-refractivity contribution in [2.24, 2.45) is 9.98 Å². The predicted molar refractivity (Wildman–Crippen MR) is 252 cm³/mol. The molecule has 0 amide bonds. The van der Waals surface area contributed by atoms with Crippen molar-refractivity contribution in [2.45, 2.75) is 63.7 Å². The molecule has 0 saturated carbocycles. The molecule has 0 saturated heterocycles. The lowest BCUT2D eigenvalue weighted by Crippen LogP contribution is -2.32. The number of benzene rings is 6. The maximum atomic E-state index is 5.69. The molecule has 11 rings (SSSR count). The molecule has 0 bridgehead atoms. The molecule has 3 aliphatic carbocycles. The Hall–Kier alpha value is -6.16. The minimum Gasteiger partial charge on any atom is -0.232 e. The van der Waals surface area contributed by atoms with E-state index in [0.717, 1.165) is 72.5 Å². The van der Waals surface area contributed by atoms with Gasteiger partial charge < -0.3 is 0 Å². The Balaban J connectivity index is 1.25. The van der Waals surface area contributed by atoms with Gasteiger partial charge in [-0.2, -0.15) is 0 Å². The molecule has 1 atom stereocenters. The van der Waals surface area contributed by atoms with Crippen molar-refractivity contribution >= 4 is 48.8 Å². The van der Waals surface area contributed by atoms with Crippen molar-refractivity contribution in [3.63, 3.8) is 0 Å². The van der Waals surface area contributed by atoms with Crippen LogP contribution in [-0.2, 0) is 5.41 Å². The molecule has 1 unspecified atom stereocenters. The van der Waals surface area contributed by atoms with Crippen LogP contribution in [-0.4, -0.2) is 11.5 Å². The fraction of sp³-hybridized carbons (Fsp3) is 0.179. The highest BCUT2D eigenvalue weighted by atomic mass is 32.1. The van der Waals surface area contributed by atoms with Gasteiger partial charge in [0.25, 0.3) is 0 Å². The normalized spacial score (nSPS) is 20.3. The molecule has 4 aliphatic rings. The van der Waals surface area contributed by atoms with E-state index in [1.165, 1.54) is 77.5 Å². The number of amidine groups is 1. The van der Waals surface area contributed by atoms with E-state index in [-0.39, 0.29) is 5.41 Å². The SMILES string of the molecule is C/C1=C(\c2ccccc2)N=C(c2cc3c(cc2-c2ccc4c(c2)sc2ccccc24)C(C2=CC=CCC2)(C2=CCCCC2)c2ccccc2-3)N=C(c2ccccc2)CC1. The van der Waals surface area contributed by atoms with Gasteiger partial charge in [0.1, 0.15) is 0 Å². The fourth-order valence-electron chi connectivity index (χ4n) is 10.3. The van der Waals surface area contributed by atoms with Gasteiger partial charge in [-0.3, -0.25) is 0 Å². The van der Waals surface area contributed by atoms with Crippen molar-refractivity contribution in [3.05, 3.63) is 208 Å². The lowest BCUT2D eigenvalue weighted by molar-refractivity contribution is 0.588. The molecular weight excluding hydrogens is 733 g/mol. The summed E-state index contributed by atoms with van der Waals surface area (Å²) >= 11 is 1.88. The third-order valence-electron chi connectivity index (χ3n) is 13.1. The molecule has 2 heterocycles. The Labute approximate surface area is 351 Å². The molecule has 1 aliphatic heterocycles. The number of thiophene rings is 1. The number of fused-ring (bicyclic) bond motifs is 6. The quantitative estimate of drug-likeness (QED) is 0.150. The monoisotopic (exact) mass is 778 g/mol. The number of hydrogen-bond acceptors (Lipinski definition) is 3. The van der Waals surface area contributed by atoms with Crippen LogP contribution in [0.4, 0.5) is 0 Å². The van der Waals surface area contributed by atoms with Crippen LogP contribution in [0.1, 0.15) is 86.1 Å². The van der Waals surface area contributed by atoms with Gasteiger partial charge in [-0.25, -0.2) is 9.98 Å². The molecule has 0 spiro atoms. The van der Waals surface area contributed by atoms with Crippen molar-refractivity contribution in [1.29, 1.82) is 0 Å². The number of hydrogen-bond donors (Lipinski definition) is 0. The van der Waals surface area contributed by atoms with E-state index in [2.05, 4.69) is 171 Å². The van der Waals surface area contributed by atoms with Crippen LogP contribution in [0.3, 0.4) is 0 Å². The first-order valence-corrected chi connectivity index (χ1v) is 22.2. The molecule has 6 aromatic carbocycles. The lowest BCUT2D eigenvalue weighted by atomic mass is 9.62. The topological polar surface area (TPSA) is 24.7 Å². The van der Waals surface area contributed by atoms with Gasteiger partial charge in [0.15, 0.2) is 5.84 Å². The zero-order valence-electron chi connectivity index (χ0n) is 33.5. The zero-order valence-corrected chi connectivity index (χ0v) is 34.4. The van der Waals surface area contributed by atoms with Gasteiger partial charge in [-0.1, -0.05) is 151 Å². The smallest absolute Gasteiger partial charge is 0.160 e.